The smallest absolute Gasteiger partial charge is 0.318 e. The van der Waals surface area contributed by atoms with E-state index in [-0.39, 0.29) is 12.1 Å². The molecule has 1 atom stereocenters. The van der Waals surface area contributed by atoms with Crippen LogP contribution in [0.25, 0.3) is 0 Å². The number of carbonyl (C=O) groups excluding carboxylic acids is 3. The van der Waals surface area contributed by atoms with Crippen LogP contribution in [0, 0.1) is 0 Å². The van der Waals surface area contributed by atoms with E-state index in [1.165, 1.54) is 24.3 Å². The van der Waals surface area contributed by atoms with Gasteiger partial charge in [0.15, 0.2) is 0 Å². The Hall–Kier alpha value is -3.36. The first-order valence-corrected chi connectivity index (χ1v) is 7.88. The van der Waals surface area contributed by atoms with Crippen LogP contribution in [-0.2, 0) is 16.0 Å². The van der Waals surface area contributed by atoms with Crippen LogP contribution < -0.4 is 15.5 Å². The lowest BCUT2D eigenvalue weighted by atomic mass is 10.1. The molecule has 1 fully saturated rings. The van der Waals surface area contributed by atoms with E-state index in [9.17, 15) is 27.6 Å². The van der Waals surface area contributed by atoms with Gasteiger partial charge in [0.2, 0.25) is 5.91 Å². The molecule has 0 saturated carbocycles. The van der Waals surface area contributed by atoms with Crippen molar-refractivity contribution in [3.63, 3.8) is 0 Å². The van der Waals surface area contributed by atoms with Crippen molar-refractivity contribution in [1.82, 2.24) is 10.6 Å². The maximum atomic E-state index is 13.8. The van der Waals surface area contributed by atoms with Crippen LogP contribution in [0.5, 0.6) is 0 Å². The minimum atomic E-state index is -5.24. The molecule has 2 N–H and O–H groups in total. The first-order valence-electron chi connectivity index (χ1n) is 7.88. The van der Waals surface area contributed by atoms with Crippen LogP contribution in [0.2, 0.25) is 0 Å². The summed E-state index contributed by atoms with van der Waals surface area (Å²) in [5.74, 6) is -2.67. The van der Waals surface area contributed by atoms with E-state index < -0.39 is 29.7 Å². The molecule has 0 bridgehead atoms. The first-order chi connectivity index (χ1) is 12.7. The van der Waals surface area contributed by atoms with E-state index in [1.807, 2.05) is 0 Å². The van der Waals surface area contributed by atoms with Crippen molar-refractivity contribution in [2.45, 2.75) is 18.3 Å². The Morgan fingerprint density at radius 1 is 1.00 bits per heavy atom. The highest BCUT2D eigenvalue weighted by molar-refractivity contribution is 6.24. The summed E-state index contributed by atoms with van der Waals surface area (Å²) >= 11 is 0. The van der Waals surface area contributed by atoms with Crippen LogP contribution in [0.15, 0.2) is 60.7 Å². The molecule has 140 valence electrons. The third kappa shape index (κ3) is 3.35. The van der Waals surface area contributed by atoms with E-state index in [0.29, 0.717) is 10.5 Å². The average molecular weight is 377 g/mol. The molecule has 9 heteroatoms. The molecule has 0 unspecified atom stereocenters. The first kappa shape index (κ1) is 18.4. The molecule has 0 aromatic heterocycles. The lowest BCUT2D eigenvalue weighted by molar-refractivity contribution is -0.201. The number of nitrogens with one attached hydrogen (secondary N) is 2. The third-order valence-electron chi connectivity index (χ3n) is 4.00. The SMILES string of the molecule is O=C(Cc1ccccc1)N[C@@]1(C(F)(F)F)NC(=O)N(c2ccccc2)C1=O. The zero-order valence-electron chi connectivity index (χ0n) is 13.8. The molecule has 0 aliphatic carbocycles. The van der Waals surface area contributed by atoms with E-state index in [1.54, 1.807) is 47.0 Å². The van der Waals surface area contributed by atoms with Crippen molar-refractivity contribution >= 4 is 23.5 Å². The zero-order valence-corrected chi connectivity index (χ0v) is 13.8. The second-order valence-electron chi connectivity index (χ2n) is 5.86. The van der Waals surface area contributed by atoms with Gasteiger partial charge in [-0.25, -0.2) is 9.69 Å². The van der Waals surface area contributed by atoms with Gasteiger partial charge in [-0.1, -0.05) is 48.5 Å². The molecule has 0 spiro atoms. The molecule has 0 radical (unpaired) electrons. The van der Waals surface area contributed by atoms with E-state index in [4.69, 9.17) is 0 Å². The van der Waals surface area contributed by atoms with Crippen molar-refractivity contribution in [3.05, 3.63) is 66.2 Å². The third-order valence-corrected chi connectivity index (χ3v) is 4.00. The van der Waals surface area contributed by atoms with Crippen LogP contribution in [0.1, 0.15) is 5.56 Å². The number of imide groups is 1. The summed E-state index contributed by atoms with van der Waals surface area (Å²) < 4.78 is 41.3. The van der Waals surface area contributed by atoms with Crippen LogP contribution in [0.3, 0.4) is 0 Å². The second kappa shape index (κ2) is 6.75. The van der Waals surface area contributed by atoms with E-state index in [2.05, 4.69) is 0 Å². The molecule has 1 aliphatic rings. The predicted molar refractivity (Wildman–Crippen MR) is 89.5 cm³/mol. The summed E-state index contributed by atoms with van der Waals surface area (Å²) in [7, 11) is 0. The highest BCUT2D eigenvalue weighted by Crippen LogP contribution is 2.35. The standard InChI is InChI=1S/C18H14F3N3O3/c19-18(20,21)17(22-14(25)11-12-7-3-1-4-8-12)15(26)24(16(27)23-17)13-9-5-2-6-10-13/h1-10H,11H2,(H,22,25)(H,23,27)/t17-/m1/s1. The van der Waals surface area contributed by atoms with Crippen molar-refractivity contribution < 1.29 is 27.6 Å². The van der Waals surface area contributed by atoms with Crippen molar-refractivity contribution in [1.29, 1.82) is 0 Å². The molecule has 1 aliphatic heterocycles. The van der Waals surface area contributed by atoms with E-state index in [0.717, 1.165) is 0 Å². The fraction of sp³-hybridized carbons (Fsp3) is 0.167. The number of rotatable bonds is 4. The van der Waals surface area contributed by atoms with Crippen LogP contribution >= 0.6 is 0 Å². The number of benzene rings is 2. The summed E-state index contributed by atoms with van der Waals surface area (Å²) in [6.07, 6.45) is -5.62. The maximum Gasteiger partial charge on any atom is 0.440 e. The van der Waals surface area contributed by atoms with Gasteiger partial charge < -0.3 is 5.32 Å². The Morgan fingerprint density at radius 2 is 1.56 bits per heavy atom. The molecule has 4 amide bonds. The number of urea groups is 1. The summed E-state index contributed by atoms with van der Waals surface area (Å²) in [4.78, 5) is 37.3. The average Bonchev–Trinajstić information content (AvgIpc) is 2.87. The minimum Gasteiger partial charge on any atom is -0.318 e. The van der Waals surface area contributed by atoms with Crippen LogP contribution in [-0.4, -0.2) is 29.7 Å². The van der Waals surface area contributed by atoms with Crippen molar-refractivity contribution in [3.8, 4) is 0 Å². The highest BCUT2D eigenvalue weighted by Gasteiger charge is 2.69. The Morgan fingerprint density at radius 3 is 2.11 bits per heavy atom. The fourth-order valence-electron chi connectivity index (χ4n) is 2.72. The molecule has 27 heavy (non-hydrogen) atoms. The molecule has 1 saturated heterocycles. The Kier molecular flexibility index (Phi) is 4.61. The number of halogens is 3. The van der Waals surface area contributed by atoms with E-state index >= 15 is 0 Å². The van der Waals surface area contributed by atoms with Gasteiger partial charge in [-0.2, -0.15) is 13.2 Å². The van der Waals surface area contributed by atoms with Gasteiger partial charge >= 0.3 is 12.2 Å². The van der Waals surface area contributed by atoms with Gasteiger partial charge in [-0.05, 0) is 17.7 Å². The minimum absolute atomic E-state index is 0.0385. The molecule has 6 nitrogen and oxygen atoms in total. The van der Waals surface area contributed by atoms with Crippen LogP contribution in [0.4, 0.5) is 23.7 Å². The largest absolute Gasteiger partial charge is 0.440 e. The number of para-hydroxylation sites is 1. The normalized spacial score (nSPS) is 19.7. The molecule has 2 aromatic carbocycles. The zero-order chi connectivity index (χ0) is 19.7. The fourth-order valence-corrected chi connectivity index (χ4v) is 2.72. The van der Waals surface area contributed by atoms with Crippen molar-refractivity contribution in [2.75, 3.05) is 4.90 Å². The number of anilines is 1. The van der Waals surface area contributed by atoms with Gasteiger partial charge in [0.25, 0.3) is 11.6 Å². The lowest BCUT2D eigenvalue weighted by Gasteiger charge is -2.29. The van der Waals surface area contributed by atoms with Crippen molar-refractivity contribution in [2.24, 2.45) is 0 Å². The molecule has 2 aromatic rings. The molecule has 1 heterocycles. The molecular weight excluding hydrogens is 363 g/mol. The highest BCUT2D eigenvalue weighted by atomic mass is 19.4. The summed E-state index contributed by atoms with van der Waals surface area (Å²) in [6, 6.07) is 13.9. The molecular formula is C18H14F3N3O3. The van der Waals surface area contributed by atoms with Gasteiger partial charge in [0.1, 0.15) is 0 Å². The monoisotopic (exact) mass is 377 g/mol. The topological polar surface area (TPSA) is 78.5 Å². The predicted octanol–water partition coefficient (Wildman–Crippen LogP) is 2.36. The Balaban J connectivity index is 1.91. The molecule has 3 rings (SSSR count). The Labute approximate surface area is 152 Å². The number of alkyl halides is 3. The number of amides is 4. The number of nitrogens with zero attached hydrogens (tertiary/aromatic N) is 1. The van der Waals surface area contributed by atoms with Gasteiger partial charge in [-0.15, -0.1) is 0 Å². The van der Waals surface area contributed by atoms with Gasteiger partial charge in [0, 0.05) is 0 Å². The lowest BCUT2D eigenvalue weighted by Crippen LogP contribution is -2.69. The summed E-state index contributed by atoms with van der Waals surface area (Å²) in [5.41, 5.74) is -3.10. The number of hydrogen-bond donors (Lipinski definition) is 2. The number of carbonyl (C=O) groups is 3. The van der Waals surface area contributed by atoms with Gasteiger partial charge in [0.05, 0.1) is 12.1 Å². The quantitative estimate of drug-likeness (QED) is 0.803. The summed E-state index contributed by atoms with van der Waals surface area (Å²) in [6.45, 7) is 0. The second-order valence-corrected chi connectivity index (χ2v) is 5.86. The Bertz CT molecular complexity index is 872. The maximum absolute atomic E-state index is 13.8. The summed E-state index contributed by atoms with van der Waals surface area (Å²) in [5, 5.41) is 3.28. The number of hydrogen-bond acceptors (Lipinski definition) is 3. The van der Waals surface area contributed by atoms with Gasteiger partial charge in [-0.3, -0.25) is 14.9 Å².